The number of ketones is 1. The molecule has 2 N–H and O–H groups in total. The lowest BCUT2D eigenvalue weighted by molar-refractivity contribution is -0.134. The Kier molecular flexibility index (Phi) is 7.06. The molecule has 0 saturated carbocycles. The molecule has 0 radical (unpaired) electrons. The Labute approximate surface area is 177 Å². The molecule has 3 rings (SSSR count). The molecule has 9 nitrogen and oxygen atoms in total. The Morgan fingerprint density at radius 2 is 1.90 bits per heavy atom. The molecule has 3 heterocycles. The fraction of sp³-hybridized carbons (Fsp3) is 0.421. The first-order valence-corrected chi connectivity index (χ1v) is 10.4. The van der Waals surface area contributed by atoms with Gasteiger partial charge in [-0.05, 0) is 12.1 Å². The highest BCUT2D eigenvalue weighted by Crippen LogP contribution is 2.22. The number of thiazole rings is 1. The van der Waals surface area contributed by atoms with Crippen molar-refractivity contribution < 1.29 is 18.8 Å². The van der Waals surface area contributed by atoms with Crippen molar-refractivity contribution in [2.75, 3.05) is 43.4 Å². The summed E-state index contributed by atoms with van der Waals surface area (Å²) in [5.41, 5.74) is 1.22. The van der Waals surface area contributed by atoms with Crippen molar-refractivity contribution in [2.45, 2.75) is 19.9 Å². The van der Waals surface area contributed by atoms with Gasteiger partial charge in [-0.1, -0.05) is 6.92 Å². The molecule has 1 aliphatic rings. The second-order valence-corrected chi connectivity index (χ2v) is 7.58. The van der Waals surface area contributed by atoms with Gasteiger partial charge in [0, 0.05) is 51.6 Å². The number of pyridine rings is 1. The van der Waals surface area contributed by atoms with E-state index in [1.165, 1.54) is 24.5 Å². The SMILES string of the molecule is CCC(=O)C(=O)Nc1nc(CN2CCN(c3ccc(C(=O)NC)nc3F)CC2)cs1. The van der Waals surface area contributed by atoms with E-state index in [1.807, 2.05) is 10.3 Å². The number of hydrogen-bond acceptors (Lipinski definition) is 8. The largest absolute Gasteiger partial charge is 0.365 e. The summed E-state index contributed by atoms with van der Waals surface area (Å²) in [5, 5.41) is 7.19. The second-order valence-electron chi connectivity index (χ2n) is 6.72. The highest BCUT2D eigenvalue weighted by atomic mass is 32.1. The Morgan fingerprint density at radius 3 is 2.53 bits per heavy atom. The molecule has 160 valence electrons. The molecule has 0 spiro atoms. The Bertz CT molecular complexity index is 942. The topological polar surface area (TPSA) is 108 Å². The van der Waals surface area contributed by atoms with E-state index in [4.69, 9.17) is 0 Å². The summed E-state index contributed by atoms with van der Waals surface area (Å²) in [7, 11) is 1.47. The van der Waals surface area contributed by atoms with Gasteiger partial charge >= 0.3 is 0 Å². The van der Waals surface area contributed by atoms with Crippen LogP contribution >= 0.6 is 11.3 Å². The van der Waals surface area contributed by atoms with E-state index in [-0.39, 0.29) is 12.1 Å². The van der Waals surface area contributed by atoms with E-state index in [0.717, 1.165) is 5.69 Å². The molecule has 1 saturated heterocycles. The van der Waals surface area contributed by atoms with Gasteiger partial charge in [0.05, 0.1) is 11.4 Å². The molecular formula is C19H23FN6O3S. The number of carbonyl (C=O) groups excluding carboxylic acids is 3. The van der Waals surface area contributed by atoms with Crippen LogP contribution in [0, 0.1) is 5.95 Å². The number of rotatable bonds is 7. The summed E-state index contributed by atoms with van der Waals surface area (Å²) in [4.78, 5) is 46.8. The summed E-state index contributed by atoms with van der Waals surface area (Å²) in [5.74, 6) is -2.22. The van der Waals surface area contributed by atoms with E-state index in [0.29, 0.717) is 43.5 Å². The van der Waals surface area contributed by atoms with E-state index < -0.39 is 23.5 Å². The molecule has 0 aromatic carbocycles. The van der Waals surface area contributed by atoms with Crippen LogP contribution in [0.25, 0.3) is 0 Å². The average Bonchev–Trinajstić information content (AvgIpc) is 3.19. The first-order chi connectivity index (χ1) is 14.4. The van der Waals surface area contributed by atoms with Crippen LogP contribution in [0.1, 0.15) is 29.5 Å². The summed E-state index contributed by atoms with van der Waals surface area (Å²) >= 11 is 1.28. The zero-order valence-electron chi connectivity index (χ0n) is 16.8. The van der Waals surface area contributed by atoms with Crippen LogP contribution in [0.2, 0.25) is 0 Å². The van der Waals surface area contributed by atoms with Crippen LogP contribution < -0.4 is 15.5 Å². The first-order valence-electron chi connectivity index (χ1n) is 9.55. The van der Waals surface area contributed by atoms with Crippen molar-refractivity contribution in [3.63, 3.8) is 0 Å². The van der Waals surface area contributed by atoms with E-state index in [2.05, 4.69) is 25.5 Å². The standard InChI is InChI=1S/C19H23FN6O3S/c1-3-15(27)18(29)24-19-22-12(11-30-19)10-25-6-8-26(9-7-25)14-5-4-13(17(28)21-2)23-16(14)20/h4-5,11H,3,6-10H2,1-2H3,(H,21,28)(H,22,24,29). The monoisotopic (exact) mass is 434 g/mol. The van der Waals surface area contributed by atoms with Crippen LogP contribution in [0.3, 0.4) is 0 Å². The zero-order valence-corrected chi connectivity index (χ0v) is 17.6. The molecule has 2 amide bonds. The molecule has 2 aromatic rings. The van der Waals surface area contributed by atoms with Crippen molar-refractivity contribution in [1.82, 2.24) is 20.2 Å². The van der Waals surface area contributed by atoms with Crippen molar-refractivity contribution >= 4 is 39.8 Å². The van der Waals surface area contributed by atoms with Crippen LogP contribution in [0.5, 0.6) is 0 Å². The third kappa shape index (κ3) is 5.16. The van der Waals surface area contributed by atoms with Gasteiger partial charge in [0.15, 0.2) is 5.13 Å². The van der Waals surface area contributed by atoms with E-state index in [9.17, 15) is 18.8 Å². The highest BCUT2D eigenvalue weighted by molar-refractivity contribution is 7.14. The van der Waals surface area contributed by atoms with Gasteiger partial charge in [-0.25, -0.2) is 9.97 Å². The predicted octanol–water partition coefficient (Wildman–Crippen LogP) is 1.28. The van der Waals surface area contributed by atoms with Gasteiger partial charge in [0.2, 0.25) is 11.7 Å². The van der Waals surface area contributed by atoms with Crippen LogP contribution in [-0.2, 0) is 16.1 Å². The lowest BCUT2D eigenvalue weighted by atomic mass is 10.2. The maximum atomic E-state index is 14.4. The first kappa shape index (κ1) is 21.8. The maximum Gasteiger partial charge on any atom is 0.293 e. The smallest absolute Gasteiger partial charge is 0.293 e. The molecule has 30 heavy (non-hydrogen) atoms. The summed E-state index contributed by atoms with van der Waals surface area (Å²) < 4.78 is 14.4. The van der Waals surface area contributed by atoms with Crippen molar-refractivity contribution in [3.8, 4) is 0 Å². The van der Waals surface area contributed by atoms with Crippen molar-refractivity contribution in [2.24, 2.45) is 0 Å². The summed E-state index contributed by atoms with van der Waals surface area (Å²) in [6.07, 6.45) is 0.152. The summed E-state index contributed by atoms with van der Waals surface area (Å²) in [6.45, 7) is 4.84. The lowest BCUT2D eigenvalue weighted by Gasteiger charge is -2.35. The molecule has 0 bridgehead atoms. The van der Waals surface area contributed by atoms with Gasteiger partial charge in [0.1, 0.15) is 5.69 Å². The molecule has 2 aromatic heterocycles. The molecule has 11 heteroatoms. The average molecular weight is 434 g/mol. The minimum Gasteiger partial charge on any atom is -0.365 e. The minimum atomic E-state index is -0.661. The van der Waals surface area contributed by atoms with Crippen molar-refractivity contribution in [1.29, 1.82) is 0 Å². The van der Waals surface area contributed by atoms with Gasteiger partial charge < -0.3 is 10.2 Å². The quantitative estimate of drug-likeness (QED) is 0.499. The fourth-order valence-corrected chi connectivity index (χ4v) is 3.75. The number of carbonyl (C=O) groups is 3. The lowest BCUT2D eigenvalue weighted by Crippen LogP contribution is -2.46. The van der Waals surface area contributed by atoms with Crippen LogP contribution in [0.4, 0.5) is 15.2 Å². The number of piperazine rings is 1. The Balaban J connectivity index is 1.53. The molecule has 0 atom stereocenters. The second kappa shape index (κ2) is 9.72. The number of nitrogens with zero attached hydrogens (tertiary/aromatic N) is 4. The molecular weight excluding hydrogens is 411 g/mol. The molecule has 1 aliphatic heterocycles. The molecule has 0 unspecified atom stereocenters. The highest BCUT2D eigenvalue weighted by Gasteiger charge is 2.22. The maximum absolute atomic E-state index is 14.4. The number of anilines is 2. The Morgan fingerprint density at radius 1 is 1.17 bits per heavy atom. The van der Waals surface area contributed by atoms with Gasteiger partial charge in [0.25, 0.3) is 11.8 Å². The van der Waals surface area contributed by atoms with Crippen LogP contribution in [0.15, 0.2) is 17.5 Å². The van der Waals surface area contributed by atoms with Gasteiger partial charge in [-0.3, -0.25) is 24.6 Å². The number of amides is 2. The van der Waals surface area contributed by atoms with E-state index in [1.54, 1.807) is 13.0 Å². The van der Waals surface area contributed by atoms with E-state index >= 15 is 0 Å². The number of hydrogen-bond donors (Lipinski definition) is 2. The molecule has 0 aliphatic carbocycles. The van der Waals surface area contributed by atoms with Gasteiger partial charge in [-0.2, -0.15) is 4.39 Å². The Hall–Kier alpha value is -2.92. The number of nitrogens with one attached hydrogen (secondary N) is 2. The number of halogens is 1. The zero-order chi connectivity index (χ0) is 21.7. The predicted molar refractivity (Wildman–Crippen MR) is 111 cm³/mol. The third-order valence-electron chi connectivity index (χ3n) is 4.73. The van der Waals surface area contributed by atoms with Crippen molar-refractivity contribution in [3.05, 3.63) is 34.8 Å². The van der Waals surface area contributed by atoms with Crippen LogP contribution in [-0.4, -0.2) is 65.7 Å². The third-order valence-corrected chi connectivity index (χ3v) is 5.54. The normalized spacial score (nSPS) is 14.4. The fourth-order valence-electron chi connectivity index (χ4n) is 3.06. The number of aromatic nitrogens is 2. The van der Waals surface area contributed by atoms with Gasteiger partial charge in [-0.15, -0.1) is 11.3 Å². The minimum absolute atomic E-state index is 0.0458. The molecule has 1 fully saturated rings. The summed E-state index contributed by atoms with van der Waals surface area (Å²) in [6, 6.07) is 3.09. The number of Topliss-reactive ketones (excluding diaryl/α,β-unsaturated/α-hetero) is 1.